The first-order valence-electron chi connectivity index (χ1n) is 3.96. The summed E-state index contributed by atoms with van der Waals surface area (Å²) in [6, 6.07) is 3.27. The van der Waals surface area contributed by atoms with E-state index in [0.717, 1.165) is 0 Å². The number of carboxylic acids is 1. The van der Waals surface area contributed by atoms with Crippen molar-refractivity contribution in [1.82, 2.24) is 0 Å². The van der Waals surface area contributed by atoms with Crippen molar-refractivity contribution in [3.63, 3.8) is 0 Å². The van der Waals surface area contributed by atoms with Gasteiger partial charge in [-0.1, -0.05) is 11.6 Å². The van der Waals surface area contributed by atoms with Crippen LogP contribution in [-0.2, 0) is 4.79 Å². The Morgan fingerprint density at radius 1 is 1.47 bits per heavy atom. The average Bonchev–Trinajstić information content (AvgIpc) is 2.10. The van der Waals surface area contributed by atoms with E-state index in [4.69, 9.17) is 21.4 Å². The smallest absolute Gasteiger partial charge is 0.344 e. The van der Waals surface area contributed by atoms with Gasteiger partial charge in [-0.25, -0.2) is 4.79 Å². The van der Waals surface area contributed by atoms with Crippen LogP contribution in [-0.4, -0.2) is 17.2 Å². The van der Waals surface area contributed by atoms with Crippen molar-refractivity contribution in [2.75, 3.05) is 0 Å². The molecule has 1 atom stereocenters. The van der Waals surface area contributed by atoms with Crippen LogP contribution in [0.1, 0.15) is 6.92 Å². The van der Waals surface area contributed by atoms with Crippen LogP contribution in [0.25, 0.3) is 0 Å². The monoisotopic (exact) mass is 356 g/mol. The van der Waals surface area contributed by atoms with Crippen LogP contribution in [0.2, 0.25) is 5.02 Å². The van der Waals surface area contributed by atoms with Gasteiger partial charge in [0.2, 0.25) is 0 Å². The summed E-state index contributed by atoms with van der Waals surface area (Å²) in [5, 5.41) is 9.23. The van der Waals surface area contributed by atoms with Crippen LogP contribution in [0.3, 0.4) is 0 Å². The standard InChI is InChI=1S/C9H7Br2ClO3/c1-4(9(13)14)15-8-6(10)2-5(12)3-7(8)11/h2-4H,1H3,(H,13,14). The molecular formula is C9H7Br2ClO3. The molecule has 0 aliphatic heterocycles. The highest BCUT2D eigenvalue weighted by molar-refractivity contribution is 9.11. The van der Waals surface area contributed by atoms with Crippen molar-refractivity contribution in [1.29, 1.82) is 0 Å². The van der Waals surface area contributed by atoms with Gasteiger partial charge in [0.15, 0.2) is 6.10 Å². The predicted molar refractivity (Wildman–Crippen MR) is 64.6 cm³/mol. The van der Waals surface area contributed by atoms with Crippen LogP contribution in [0, 0.1) is 0 Å². The van der Waals surface area contributed by atoms with Gasteiger partial charge in [0.25, 0.3) is 0 Å². The first-order chi connectivity index (χ1) is 6.91. The fourth-order valence-electron chi connectivity index (χ4n) is 0.869. The first-order valence-corrected chi connectivity index (χ1v) is 5.92. The van der Waals surface area contributed by atoms with E-state index in [1.165, 1.54) is 6.92 Å². The molecule has 15 heavy (non-hydrogen) atoms. The molecule has 82 valence electrons. The molecule has 1 rings (SSSR count). The van der Waals surface area contributed by atoms with Gasteiger partial charge in [-0.05, 0) is 50.9 Å². The number of halogens is 3. The number of aliphatic carboxylic acids is 1. The maximum absolute atomic E-state index is 10.6. The van der Waals surface area contributed by atoms with E-state index in [9.17, 15) is 4.79 Å². The molecule has 1 unspecified atom stereocenters. The molecule has 1 N–H and O–H groups in total. The Labute approximate surface area is 109 Å². The van der Waals surface area contributed by atoms with Crippen molar-refractivity contribution >= 4 is 49.4 Å². The summed E-state index contributed by atoms with van der Waals surface area (Å²) < 4.78 is 6.45. The highest BCUT2D eigenvalue weighted by Gasteiger charge is 2.16. The Morgan fingerprint density at radius 3 is 2.33 bits per heavy atom. The third-order valence-corrected chi connectivity index (χ3v) is 3.00. The molecule has 0 radical (unpaired) electrons. The molecule has 3 nitrogen and oxygen atoms in total. The molecule has 0 heterocycles. The first kappa shape index (κ1) is 12.8. The zero-order valence-corrected chi connectivity index (χ0v) is 11.6. The molecule has 0 spiro atoms. The van der Waals surface area contributed by atoms with Crippen LogP contribution in [0.15, 0.2) is 21.1 Å². The summed E-state index contributed by atoms with van der Waals surface area (Å²) in [7, 11) is 0. The zero-order chi connectivity index (χ0) is 11.6. The number of hydrogen-bond acceptors (Lipinski definition) is 2. The second-order valence-corrected chi connectivity index (χ2v) is 4.94. The van der Waals surface area contributed by atoms with Gasteiger partial charge in [0, 0.05) is 5.02 Å². The second kappa shape index (κ2) is 5.18. The van der Waals surface area contributed by atoms with E-state index in [2.05, 4.69) is 31.9 Å². The maximum atomic E-state index is 10.6. The Kier molecular flexibility index (Phi) is 4.43. The lowest BCUT2D eigenvalue weighted by molar-refractivity contribution is -0.144. The number of ether oxygens (including phenoxy) is 1. The largest absolute Gasteiger partial charge is 0.479 e. The molecule has 0 amide bonds. The van der Waals surface area contributed by atoms with Crippen LogP contribution < -0.4 is 4.74 Å². The molecular weight excluding hydrogens is 351 g/mol. The van der Waals surface area contributed by atoms with Crippen molar-refractivity contribution < 1.29 is 14.6 Å². The van der Waals surface area contributed by atoms with Crippen molar-refractivity contribution in [2.24, 2.45) is 0 Å². The van der Waals surface area contributed by atoms with Crippen LogP contribution in [0.4, 0.5) is 0 Å². The van der Waals surface area contributed by atoms with Crippen molar-refractivity contribution in [3.05, 3.63) is 26.1 Å². The summed E-state index contributed by atoms with van der Waals surface area (Å²) >= 11 is 12.3. The fourth-order valence-corrected chi connectivity index (χ4v) is 2.72. The third-order valence-electron chi connectivity index (χ3n) is 1.61. The zero-order valence-electron chi connectivity index (χ0n) is 7.63. The number of carboxylic acid groups (broad SMARTS) is 1. The molecule has 1 aromatic rings. The van der Waals surface area contributed by atoms with Gasteiger partial charge in [-0.3, -0.25) is 0 Å². The minimum absolute atomic E-state index is 0.425. The van der Waals surface area contributed by atoms with E-state index >= 15 is 0 Å². The van der Waals surface area contributed by atoms with E-state index in [-0.39, 0.29) is 0 Å². The van der Waals surface area contributed by atoms with E-state index in [1.807, 2.05) is 0 Å². The Balaban J connectivity index is 3.00. The summed E-state index contributed by atoms with van der Waals surface area (Å²) in [5.74, 6) is -0.599. The average molecular weight is 358 g/mol. The molecule has 0 saturated heterocycles. The number of hydrogen-bond donors (Lipinski definition) is 1. The molecule has 0 aliphatic carbocycles. The van der Waals surface area contributed by atoms with E-state index in [0.29, 0.717) is 19.7 Å². The Bertz CT molecular complexity index is 372. The lowest BCUT2D eigenvalue weighted by Gasteiger charge is -2.13. The highest BCUT2D eigenvalue weighted by Crippen LogP contribution is 2.36. The normalized spacial score (nSPS) is 12.3. The summed E-state index contributed by atoms with van der Waals surface area (Å²) in [6.07, 6.45) is -0.918. The Hall–Kier alpha value is -0.260. The van der Waals surface area contributed by atoms with Crippen molar-refractivity contribution in [2.45, 2.75) is 13.0 Å². The quantitative estimate of drug-likeness (QED) is 0.896. The van der Waals surface area contributed by atoms with E-state index < -0.39 is 12.1 Å². The minimum Gasteiger partial charge on any atom is -0.479 e. The fraction of sp³-hybridized carbons (Fsp3) is 0.222. The summed E-state index contributed by atoms with van der Waals surface area (Å²) in [5.41, 5.74) is 0. The summed E-state index contributed by atoms with van der Waals surface area (Å²) in [4.78, 5) is 10.6. The van der Waals surface area contributed by atoms with Gasteiger partial charge in [-0.15, -0.1) is 0 Å². The molecule has 0 saturated carbocycles. The minimum atomic E-state index is -1.02. The van der Waals surface area contributed by atoms with Gasteiger partial charge in [0.1, 0.15) is 5.75 Å². The number of carbonyl (C=O) groups is 1. The molecule has 1 aromatic carbocycles. The SMILES string of the molecule is CC(Oc1c(Br)cc(Cl)cc1Br)C(=O)O. The Morgan fingerprint density at radius 2 is 1.93 bits per heavy atom. The second-order valence-electron chi connectivity index (χ2n) is 2.80. The topological polar surface area (TPSA) is 46.5 Å². The van der Waals surface area contributed by atoms with Gasteiger partial charge < -0.3 is 9.84 Å². The van der Waals surface area contributed by atoms with Crippen LogP contribution in [0.5, 0.6) is 5.75 Å². The molecule has 0 fully saturated rings. The maximum Gasteiger partial charge on any atom is 0.344 e. The van der Waals surface area contributed by atoms with Gasteiger partial charge in [-0.2, -0.15) is 0 Å². The highest BCUT2D eigenvalue weighted by atomic mass is 79.9. The van der Waals surface area contributed by atoms with Crippen LogP contribution >= 0.6 is 43.5 Å². The number of benzene rings is 1. The summed E-state index contributed by atoms with van der Waals surface area (Å²) in [6.45, 7) is 1.45. The lowest BCUT2D eigenvalue weighted by Crippen LogP contribution is -2.23. The predicted octanol–water partition coefficient (Wildman–Crippen LogP) is 3.72. The third kappa shape index (κ3) is 3.36. The lowest BCUT2D eigenvalue weighted by atomic mass is 10.3. The van der Waals surface area contributed by atoms with Crippen molar-refractivity contribution in [3.8, 4) is 5.75 Å². The van der Waals surface area contributed by atoms with Gasteiger partial charge in [0.05, 0.1) is 8.95 Å². The molecule has 0 aromatic heterocycles. The molecule has 0 aliphatic rings. The molecule has 0 bridgehead atoms. The molecule has 6 heteroatoms. The van der Waals surface area contributed by atoms with E-state index in [1.54, 1.807) is 12.1 Å². The van der Waals surface area contributed by atoms with Gasteiger partial charge >= 0.3 is 5.97 Å². The number of rotatable bonds is 3.